The molecule has 0 aliphatic carbocycles. The van der Waals surface area contributed by atoms with E-state index in [1.807, 2.05) is 4.90 Å². The number of aromatic nitrogens is 2. The molecule has 126 valence electrons. The van der Waals surface area contributed by atoms with Crippen molar-refractivity contribution in [3.05, 3.63) is 17.7 Å². The molecule has 3 aliphatic heterocycles. The molecule has 1 N–H and O–H groups in total. The number of imidazole rings is 1. The quantitative estimate of drug-likeness (QED) is 0.890. The van der Waals surface area contributed by atoms with Crippen LogP contribution in [0.4, 0.5) is 0 Å². The first-order valence-electron chi connectivity index (χ1n) is 8.93. The molecule has 6 heteroatoms. The minimum absolute atomic E-state index is 0.163. The maximum atomic E-state index is 13.0. The van der Waals surface area contributed by atoms with E-state index in [1.165, 1.54) is 0 Å². The van der Waals surface area contributed by atoms with Gasteiger partial charge in [-0.2, -0.15) is 0 Å². The van der Waals surface area contributed by atoms with Crippen molar-refractivity contribution in [2.75, 3.05) is 32.8 Å². The number of hydrogen-bond donors (Lipinski definition) is 1. The van der Waals surface area contributed by atoms with Crippen LogP contribution in [0.2, 0.25) is 0 Å². The van der Waals surface area contributed by atoms with E-state index < -0.39 is 0 Å². The smallest absolute Gasteiger partial charge is 0.227 e. The average molecular weight is 318 g/mol. The molecule has 6 nitrogen and oxygen atoms in total. The van der Waals surface area contributed by atoms with Crippen molar-refractivity contribution in [3.63, 3.8) is 0 Å². The number of ether oxygens (including phenoxy) is 1. The number of amides is 1. The van der Waals surface area contributed by atoms with Crippen LogP contribution in [-0.4, -0.2) is 64.6 Å². The molecule has 23 heavy (non-hydrogen) atoms. The minimum Gasteiger partial charge on any atom is -0.381 e. The van der Waals surface area contributed by atoms with E-state index >= 15 is 0 Å². The summed E-state index contributed by atoms with van der Waals surface area (Å²) in [7, 11) is 0. The van der Waals surface area contributed by atoms with Crippen LogP contribution < -0.4 is 0 Å². The van der Waals surface area contributed by atoms with Crippen LogP contribution in [0.15, 0.2) is 6.33 Å². The van der Waals surface area contributed by atoms with Gasteiger partial charge in [0.15, 0.2) is 0 Å². The van der Waals surface area contributed by atoms with Crippen molar-refractivity contribution in [1.82, 2.24) is 19.8 Å². The van der Waals surface area contributed by atoms with Gasteiger partial charge in [0.25, 0.3) is 0 Å². The van der Waals surface area contributed by atoms with E-state index in [4.69, 9.17) is 4.74 Å². The lowest BCUT2D eigenvalue weighted by Crippen LogP contribution is -2.50. The van der Waals surface area contributed by atoms with Gasteiger partial charge in [-0.25, -0.2) is 4.98 Å². The Balaban J connectivity index is 1.38. The highest BCUT2D eigenvalue weighted by atomic mass is 16.5. The predicted octanol–water partition coefficient (Wildman–Crippen LogP) is 1.19. The average Bonchev–Trinajstić information content (AvgIpc) is 3.09. The van der Waals surface area contributed by atoms with Gasteiger partial charge >= 0.3 is 0 Å². The molecular weight excluding hydrogens is 292 g/mol. The van der Waals surface area contributed by atoms with Gasteiger partial charge in [-0.15, -0.1) is 0 Å². The zero-order chi connectivity index (χ0) is 15.6. The van der Waals surface area contributed by atoms with Crippen LogP contribution >= 0.6 is 0 Å². The Hall–Kier alpha value is -1.40. The normalized spacial score (nSPS) is 27.0. The summed E-state index contributed by atoms with van der Waals surface area (Å²) < 4.78 is 5.47. The summed E-state index contributed by atoms with van der Waals surface area (Å²) in [6.45, 7) is 5.31. The number of carbonyl (C=O) groups is 1. The minimum atomic E-state index is 0.163. The molecule has 0 unspecified atom stereocenters. The first kappa shape index (κ1) is 15.1. The fraction of sp³-hybridized carbons (Fsp3) is 0.765. The van der Waals surface area contributed by atoms with Crippen molar-refractivity contribution in [1.29, 1.82) is 0 Å². The van der Waals surface area contributed by atoms with Crippen molar-refractivity contribution in [2.24, 2.45) is 5.92 Å². The summed E-state index contributed by atoms with van der Waals surface area (Å²) in [5, 5.41) is 0. The predicted molar refractivity (Wildman–Crippen MR) is 85.8 cm³/mol. The van der Waals surface area contributed by atoms with Crippen LogP contribution in [0, 0.1) is 5.92 Å². The molecule has 4 rings (SSSR count). The van der Waals surface area contributed by atoms with E-state index in [0.29, 0.717) is 18.5 Å². The van der Waals surface area contributed by atoms with Crippen LogP contribution in [0.5, 0.6) is 0 Å². The standard InChI is InChI=1S/C17H26N4O2/c22-17(21-7-3-15-16(11-21)19-12-18-15)13-2-1-6-20(10-13)14-4-8-23-9-5-14/h12-14H,1-11H2,(H,18,19)/t13-/m0/s1. The lowest BCUT2D eigenvalue weighted by atomic mass is 9.93. The number of aromatic amines is 1. The molecule has 1 aromatic rings. The number of rotatable bonds is 2. The summed E-state index contributed by atoms with van der Waals surface area (Å²) in [5.41, 5.74) is 2.24. The number of carbonyl (C=O) groups excluding carboxylic acids is 1. The van der Waals surface area contributed by atoms with Crippen molar-refractivity contribution in [3.8, 4) is 0 Å². The monoisotopic (exact) mass is 318 g/mol. The summed E-state index contributed by atoms with van der Waals surface area (Å²) in [5.74, 6) is 0.498. The zero-order valence-corrected chi connectivity index (χ0v) is 13.7. The van der Waals surface area contributed by atoms with Crippen LogP contribution in [0.3, 0.4) is 0 Å². The number of likely N-dealkylation sites (tertiary alicyclic amines) is 1. The zero-order valence-electron chi connectivity index (χ0n) is 13.7. The van der Waals surface area contributed by atoms with E-state index in [9.17, 15) is 4.79 Å². The maximum Gasteiger partial charge on any atom is 0.227 e. The number of hydrogen-bond acceptors (Lipinski definition) is 4. The molecule has 4 heterocycles. The van der Waals surface area contributed by atoms with Gasteiger partial charge in [0.1, 0.15) is 0 Å². The third-order valence-corrected chi connectivity index (χ3v) is 5.60. The second-order valence-electron chi connectivity index (χ2n) is 7.02. The fourth-order valence-corrected chi connectivity index (χ4v) is 4.25. The largest absolute Gasteiger partial charge is 0.381 e. The molecule has 0 spiro atoms. The van der Waals surface area contributed by atoms with Crippen molar-refractivity contribution in [2.45, 2.75) is 44.7 Å². The third kappa shape index (κ3) is 3.15. The highest BCUT2D eigenvalue weighted by Crippen LogP contribution is 2.26. The molecule has 2 fully saturated rings. The van der Waals surface area contributed by atoms with Crippen LogP contribution in [0.25, 0.3) is 0 Å². The Bertz CT molecular complexity index is 553. The highest BCUT2D eigenvalue weighted by Gasteiger charge is 2.34. The summed E-state index contributed by atoms with van der Waals surface area (Å²) in [6.07, 6.45) is 7.01. The number of fused-ring (bicyclic) bond motifs is 1. The van der Waals surface area contributed by atoms with Gasteiger partial charge in [-0.1, -0.05) is 0 Å². The molecule has 0 radical (unpaired) electrons. The number of piperidine rings is 1. The van der Waals surface area contributed by atoms with Gasteiger partial charge in [0.2, 0.25) is 5.91 Å². The first-order chi connectivity index (χ1) is 11.3. The maximum absolute atomic E-state index is 13.0. The van der Waals surface area contributed by atoms with Gasteiger partial charge < -0.3 is 14.6 Å². The Morgan fingerprint density at radius 1 is 1.26 bits per heavy atom. The highest BCUT2D eigenvalue weighted by molar-refractivity contribution is 5.79. The van der Waals surface area contributed by atoms with E-state index in [0.717, 1.165) is 76.3 Å². The van der Waals surface area contributed by atoms with Gasteiger partial charge in [-0.05, 0) is 32.2 Å². The second-order valence-corrected chi connectivity index (χ2v) is 7.02. The fourth-order valence-electron chi connectivity index (χ4n) is 4.25. The molecule has 1 amide bonds. The summed E-state index contributed by atoms with van der Waals surface area (Å²) in [6, 6.07) is 0.611. The van der Waals surface area contributed by atoms with Crippen molar-refractivity contribution >= 4 is 5.91 Å². The van der Waals surface area contributed by atoms with Crippen LogP contribution in [0.1, 0.15) is 37.1 Å². The first-order valence-corrected chi connectivity index (χ1v) is 8.93. The Morgan fingerprint density at radius 2 is 2.13 bits per heavy atom. The Morgan fingerprint density at radius 3 is 3.00 bits per heavy atom. The molecule has 0 aromatic carbocycles. The molecule has 2 saturated heterocycles. The number of H-pyrrole nitrogens is 1. The molecule has 1 atom stereocenters. The van der Waals surface area contributed by atoms with Gasteiger partial charge in [0, 0.05) is 38.8 Å². The molecular formula is C17H26N4O2. The number of nitrogens with one attached hydrogen (secondary N) is 1. The number of nitrogens with zero attached hydrogens (tertiary/aromatic N) is 3. The lowest BCUT2D eigenvalue weighted by Gasteiger charge is -2.41. The molecule has 1 aromatic heterocycles. The van der Waals surface area contributed by atoms with E-state index in [1.54, 1.807) is 6.33 Å². The van der Waals surface area contributed by atoms with Gasteiger partial charge in [0.05, 0.1) is 30.2 Å². The van der Waals surface area contributed by atoms with E-state index in [2.05, 4.69) is 14.9 Å². The third-order valence-electron chi connectivity index (χ3n) is 5.60. The van der Waals surface area contributed by atoms with Crippen LogP contribution in [-0.2, 0) is 22.5 Å². The van der Waals surface area contributed by atoms with E-state index in [-0.39, 0.29) is 5.92 Å². The Kier molecular flexibility index (Phi) is 4.35. The summed E-state index contributed by atoms with van der Waals surface area (Å²) in [4.78, 5) is 25.0. The van der Waals surface area contributed by atoms with Gasteiger partial charge in [-0.3, -0.25) is 9.69 Å². The second kappa shape index (κ2) is 6.61. The Labute approximate surface area is 137 Å². The lowest BCUT2D eigenvalue weighted by molar-refractivity contribution is -0.139. The summed E-state index contributed by atoms with van der Waals surface area (Å²) >= 11 is 0. The topological polar surface area (TPSA) is 61.5 Å². The SMILES string of the molecule is O=C([C@H]1CCCN(C2CCOCC2)C1)N1CCc2nc[nH]c2C1. The van der Waals surface area contributed by atoms with Crippen molar-refractivity contribution < 1.29 is 9.53 Å². The molecule has 0 bridgehead atoms. The molecule has 0 saturated carbocycles. The molecule has 3 aliphatic rings.